The smallest absolute Gasteiger partial charge is 0.0704 e. The van der Waals surface area contributed by atoms with E-state index in [0.717, 1.165) is 13.2 Å². The summed E-state index contributed by atoms with van der Waals surface area (Å²) in [5.41, 5.74) is 0. The number of rotatable bonds is 7. The molecule has 0 heterocycles. The van der Waals surface area contributed by atoms with Crippen molar-refractivity contribution >= 4 is 0 Å². The van der Waals surface area contributed by atoms with Crippen LogP contribution in [0.4, 0.5) is 0 Å². The Bertz CT molecular complexity index is 141. The molecule has 0 bridgehead atoms. The van der Waals surface area contributed by atoms with Crippen molar-refractivity contribution in [2.24, 2.45) is 0 Å². The van der Waals surface area contributed by atoms with Crippen LogP contribution in [-0.4, -0.2) is 39.0 Å². The Labute approximate surface area is 87.2 Å². The summed E-state index contributed by atoms with van der Waals surface area (Å²) in [5.74, 6) is 0. The molecule has 1 fully saturated rings. The van der Waals surface area contributed by atoms with E-state index in [0.29, 0.717) is 18.8 Å². The van der Waals surface area contributed by atoms with Crippen molar-refractivity contribution in [1.82, 2.24) is 5.32 Å². The molecule has 1 N–H and O–H groups in total. The van der Waals surface area contributed by atoms with E-state index in [1.54, 1.807) is 7.11 Å². The fourth-order valence-corrected chi connectivity index (χ4v) is 1.92. The Morgan fingerprint density at radius 3 is 2.86 bits per heavy atom. The van der Waals surface area contributed by atoms with E-state index in [4.69, 9.17) is 9.47 Å². The molecular weight excluding hydrogens is 178 g/mol. The summed E-state index contributed by atoms with van der Waals surface area (Å²) in [7, 11) is 1.71. The van der Waals surface area contributed by atoms with Gasteiger partial charge in [0, 0.05) is 13.2 Å². The van der Waals surface area contributed by atoms with Gasteiger partial charge in [-0.3, -0.25) is 0 Å². The van der Waals surface area contributed by atoms with Crippen molar-refractivity contribution in [3.8, 4) is 0 Å². The lowest BCUT2D eigenvalue weighted by Crippen LogP contribution is -2.28. The average molecular weight is 201 g/mol. The minimum absolute atomic E-state index is 0.458. The molecule has 1 rings (SSSR count). The van der Waals surface area contributed by atoms with E-state index in [-0.39, 0.29) is 0 Å². The minimum atomic E-state index is 0.458. The van der Waals surface area contributed by atoms with E-state index >= 15 is 0 Å². The summed E-state index contributed by atoms with van der Waals surface area (Å²) in [6.07, 6.45) is 5.30. The van der Waals surface area contributed by atoms with Gasteiger partial charge in [-0.25, -0.2) is 0 Å². The summed E-state index contributed by atoms with van der Waals surface area (Å²) in [4.78, 5) is 0. The molecule has 3 heteroatoms. The van der Waals surface area contributed by atoms with Crippen molar-refractivity contribution in [3.63, 3.8) is 0 Å². The molecule has 14 heavy (non-hydrogen) atoms. The molecule has 0 saturated heterocycles. The quantitative estimate of drug-likeness (QED) is 0.634. The first-order chi connectivity index (χ1) is 6.86. The molecule has 1 aliphatic rings. The van der Waals surface area contributed by atoms with E-state index in [2.05, 4.69) is 12.2 Å². The molecule has 0 aromatic rings. The van der Waals surface area contributed by atoms with Crippen molar-refractivity contribution in [3.05, 3.63) is 0 Å². The molecule has 3 nitrogen and oxygen atoms in total. The van der Waals surface area contributed by atoms with Crippen LogP contribution in [0.2, 0.25) is 0 Å². The van der Waals surface area contributed by atoms with Crippen molar-refractivity contribution in [2.75, 3.05) is 26.9 Å². The minimum Gasteiger partial charge on any atom is -0.382 e. The van der Waals surface area contributed by atoms with Crippen LogP contribution in [0.15, 0.2) is 0 Å². The number of hydrogen-bond acceptors (Lipinski definition) is 3. The van der Waals surface area contributed by atoms with Gasteiger partial charge in [0.15, 0.2) is 0 Å². The van der Waals surface area contributed by atoms with Gasteiger partial charge in [-0.05, 0) is 32.2 Å². The molecule has 0 aromatic carbocycles. The zero-order chi connectivity index (χ0) is 10.2. The zero-order valence-electron chi connectivity index (χ0n) is 9.42. The lowest BCUT2D eigenvalue weighted by Gasteiger charge is -2.13. The highest BCUT2D eigenvalue weighted by molar-refractivity contribution is 4.80. The molecule has 0 amide bonds. The SMILES string of the molecule is CCCNC1CCC(OCCOC)C1. The van der Waals surface area contributed by atoms with Gasteiger partial charge in [0.2, 0.25) is 0 Å². The number of ether oxygens (including phenoxy) is 2. The lowest BCUT2D eigenvalue weighted by atomic mass is 10.2. The Balaban J connectivity index is 2.02. The van der Waals surface area contributed by atoms with Crippen LogP contribution in [0, 0.1) is 0 Å². The van der Waals surface area contributed by atoms with Gasteiger partial charge in [-0.2, -0.15) is 0 Å². The second-order valence-electron chi connectivity index (χ2n) is 3.95. The number of hydrogen-bond donors (Lipinski definition) is 1. The summed E-state index contributed by atoms with van der Waals surface area (Å²) in [5, 5.41) is 3.54. The first-order valence-corrected chi connectivity index (χ1v) is 5.70. The van der Waals surface area contributed by atoms with Crippen LogP contribution in [0.25, 0.3) is 0 Å². The molecule has 2 unspecified atom stereocenters. The highest BCUT2D eigenvalue weighted by Crippen LogP contribution is 2.21. The summed E-state index contributed by atoms with van der Waals surface area (Å²) >= 11 is 0. The van der Waals surface area contributed by atoms with Crippen LogP contribution < -0.4 is 5.32 Å². The predicted octanol–water partition coefficient (Wildman–Crippen LogP) is 1.57. The number of nitrogens with one attached hydrogen (secondary N) is 1. The van der Waals surface area contributed by atoms with E-state index in [9.17, 15) is 0 Å². The van der Waals surface area contributed by atoms with Crippen molar-refractivity contribution < 1.29 is 9.47 Å². The van der Waals surface area contributed by atoms with Gasteiger partial charge in [0.05, 0.1) is 19.3 Å². The standard InChI is InChI=1S/C11H23NO2/c1-3-6-12-10-4-5-11(9-10)14-8-7-13-2/h10-12H,3-9H2,1-2H3. The normalized spacial score (nSPS) is 27.0. The van der Waals surface area contributed by atoms with Gasteiger partial charge in [0.1, 0.15) is 0 Å². The van der Waals surface area contributed by atoms with Crippen LogP contribution in [0.1, 0.15) is 32.6 Å². The molecule has 84 valence electrons. The zero-order valence-corrected chi connectivity index (χ0v) is 9.42. The van der Waals surface area contributed by atoms with E-state index in [1.807, 2.05) is 0 Å². The highest BCUT2D eigenvalue weighted by Gasteiger charge is 2.24. The summed E-state index contributed by atoms with van der Waals surface area (Å²) in [6, 6.07) is 0.683. The largest absolute Gasteiger partial charge is 0.382 e. The van der Waals surface area contributed by atoms with Crippen LogP contribution in [-0.2, 0) is 9.47 Å². The third-order valence-corrected chi connectivity index (χ3v) is 2.71. The van der Waals surface area contributed by atoms with Crippen molar-refractivity contribution in [1.29, 1.82) is 0 Å². The first-order valence-electron chi connectivity index (χ1n) is 5.70. The monoisotopic (exact) mass is 201 g/mol. The topological polar surface area (TPSA) is 30.5 Å². The molecule has 2 atom stereocenters. The molecule has 1 saturated carbocycles. The Hall–Kier alpha value is -0.120. The van der Waals surface area contributed by atoms with Gasteiger partial charge >= 0.3 is 0 Å². The Kier molecular flexibility index (Phi) is 6.15. The Morgan fingerprint density at radius 2 is 2.14 bits per heavy atom. The molecule has 1 aliphatic carbocycles. The third-order valence-electron chi connectivity index (χ3n) is 2.71. The van der Waals surface area contributed by atoms with Gasteiger partial charge in [-0.1, -0.05) is 6.92 Å². The average Bonchev–Trinajstić information content (AvgIpc) is 2.63. The molecule has 0 aromatic heterocycles. The van der Waals surface area contributed by atoms with E-state index in [1.165, 1.54) is 25.7 Å². The molecule has 0 spiro atoms. The maximum atomic E-state index is 5.69. The first kappa shape index (κ1) is 12.0. The highest BCUT2D eigenvalue weighted by atomic mass is 16.5. The summed E-state index contributed by atoms with van der Waals surface area (Å²) in [6.45, 7) is 4.79. The van der Waals surface area contributed by atoms with E-state index < -0.39 is 0 Å². The van der Waals surface area contributed by atoms with Crippen molar-refractivity contribution in [2.45, 2.75) is 44.8 Å². The fraction of sp³-hybridized carbons (Fsp3) is 1.00. The van der Waals surface area contributed by atoms with Crippen LogP contribution in [0.5, 0.6) is 0 Å². The molecular formula is C11H23NO2. The predicted molar refractivity (Wildman–Crippen MR) is 57.5 cm³/mol. The van der Waals surface area contributed by atoms with Crippen LogP contribution >= 0.6 is 0 Å². The Morgan fingerprint density at radius 1 is 1.29 bits per heavy atom. The number of methoxy groups -OCH3 is 1. The second kappa shape index (κ2) is 7.21. The molecule has 0 radical (unpaired) electrons. The fourth-order valence-electron chi connectivity index (χ4n) is 1.92. The van der Waals surface area contributed by atoms with Crippen LogP contribution in [0.3, 0.4) is 0 Å². The lowest BCUT2D eigenvalue weighted by molar-refractivity contribution is 0.0200. The van der Waals surface area contributed by atoms with Gasteiger partial charge in [-0.15, -0.1) is 0 Å². The molecule has 0 aliphatic heterocycles. The maximum absolute atomic E-state index is 5.69. The second-order valence-corrected chi connectivity index (χ2v) is 3.95. The summed E-state index contributed by atoms with van der Waals surface area (Å²) < 4.78 is 10.6. The maximum Gasteiger partial charge on any atom is 0.0704 e. The van der Waals surface area contributed by atoms with Gasteiger partial charge in [0.25, 0.3) is 0 Å². The van der Waals surface area contributed by atoms with Gasteiger partial charge < -0.3 is 14.8 Å². The third kappa shape index (κ3) is 4.40.